The average molecular weight is 405 g/mol. The van der Waals surface area contributed by atoms with Gasteiger partial charge in [-0.2, -0.15) is 0 Å². The third kappa shape index (κ3) is 5.25. The van der Waals surface area contributed by atoms with Crippen molar-refractivity contribution in [1.29, 1.82) is 0 Å². The van der Waals surface area contributed by atoms with E-state index in [4.69, 9.17) is 14.2 Å². The normalized spacial score (nSPS) is 16.5. The molecule has 1 fully saturated rings. The lowest BCUT2D eigenvalue weighted by atomic mass is 10.00. The molecule has 0 aromatic carbocycles. The first-order valence-corrected chi connectivity index (χ1v) is 10.3. The van der Waals surface area contributed by atoms with Gasteiger partial charge < -0.3 is 19.5 Å². The fourth-order valence-electron chi connectivity index (χ4n) is 3.83. The lowest BCUT2D eigenvalue weighted by Gasteiger charge is -2.12. The maximum Gasteiger partial charge on any atom is 0.242 e. The average Bonchev–Trinajstić information content (AvgIpc) is 3.32. The number of aromatic nitrogens is 3. The van der Waals surface area contributed by atoms with Gasteiger partial charge in [-0.25, -0.2) is 9.67 Å². The van der Waals surface area contributed by atoms with Gasteiger partial charge in [-0.05, 0) is 50.7 Å². The molecule has 1 aliphatic heterocycles. The number of fused-ring (bicyclic) bond motifs is 1. The largest absolute Gasteiger partial charge is 0.479 e. The Balaban J connectivity index is 1.45. The first-order chi connectivity index (χ1) is 14.0. The molecule has 0 aliphatic carbocycles. The van der Waals surface area contributed by atoms with E-state index in [2.05, 4.69) is 15.4 Å². The predicted molar refractivity (Wildman–Crippen MR) is 110 cm³/mol. The van der Waals surface area contributed by atoms with Crippen molar-refractivity contribution in [3.63, 3.8) is 0 Å². The lowest BCUT2D eigenvalue weighted by molar-refractivity contribution is -0.121. The van der Waals surface area contributed by atoms with E-state index in [1.165, 1.54) is 0 Å². The molecule has 1 unspecified atom stereocenters. The number of hydrogen-bond acceptors (Lipinski definition) is 6. The van der Waals surface area contributed by atoms with Gasteiger partial charge in [0.25, 0.3) is 0 Å². The summed E-state index contributed by atoms with van der Waals surface area (Å²) in [4.78, 5) is 16.9. The topological polar surface area (TPSA) is 87.5 Å². The van der Waals surface area contributed by atoms with Gasteiger partial charge in [-0.3, -0.25) is 4.79 Å². The summed E-state index contributed by atoms with van der Waals surface area (Å²) in [6.07, 6.45) is 4.33. The lowest BCUT2D eigenvalue weighted by Crippen LogP contribution is -2.26. The second-order valence-corrected chi connectivity index (χ2v) is 7.55. The number of hydrogen-bond donors (Lipinski definition) is 1. The minimum Gasteiger partial charge on any atom is -0.479 e. The fraction of sp³-hybridized carbons (Fsp3) is 0.667. The van der Waals surface area contributed by atoms with Gasteiger partial charge >= 0.3 is 0 Å². The van der Waals surface area contributed by atoms with Gasteiger partial charge in [0, 0.05) is 38.9 Å². The van der Waals surface area contributed by atoms with Crippen LogP contribution in [0.3, 0.4) is 0 Å². The van der Waals surface area contributed by atoms with Crippen molar-refractivity contribution >= 4 is 16.9 Å². The van der Waals surface area contributed by atoms with E-state index in [1.54, 1.807) is 11.8 Å². The van der Waals surface area contributed by atoms with Crippen LogP contribution in [0.5, 0.6) is 5.88 Å². The first-order valence-electron chi connectivity index (χ1n) is 10.3. The molecule has 8 heteroatoms. The van der Waals surface area contributed by atoms with E-state index in [1.807, 2.05) is 20.9 Å². The van der Waals surface area contributed by atoms with Crippen LogP contribution in [-0.4, -0.2) is 60.3 Å². The summed E-state index contributed by atoms with van der Waals surface area (Å²) in [5.74, 6) is 0.613. The zero-order valence-corrected chi connectivity index (χ0v) is 17.9. The summed E-state index contributed by atoms with van der Waals surface area (Å²) in [6.45, 7) is 6.78. The molecule has 3 heterocycles. The van der Waals surface area contributed by atoms with Crippen LogP contribution in [0.1, 0.15) is 42.5 Å². The zero-order chi connectivity index (χ0) is 20.8. The highest BCUT2D eigenvalue weighted by Crippen LogP contribution is 2.30. The van der Waals surface area contributed by atoms with Crippen LogP contribution in [0, 0.1) is 13.8 Å². The number of nitrogens with one attached hydrogen (secondary N) is 1. The van der Waals surface area contributed by atoms with Gasteiger partial charge in [-0.1, -0.05) is 0 Å². The molecule has 8 nitrogen and oxygen atoms in total. The monoisotopic (exact) mass is 404 g/mol. The molecule has 1 N–H and O–H groups in total. The molecule has 3 rings (SSSR count). The molecule has 2 aromatic rings. The Morgan fingerprint density at radius 1 is 1.38 bits per heavy atom. The molecule has 0 radical (unpaired) electrons. The fourth-order valence-corrected chi connectivity index (χ4v) is 3.83. The van der Waals surface area contributed by atoms with Crippen molar-refractivity contribution in [3.05, 3.63) is 16.8 Å². The molecule has 1 saturated heterocycles. The third-order valence-electron chi connectivity index (χ3n) is 5.43. The van der Waals surface area contributed by atoms with Crippen molar-refractivity contribution in [2.45, 2.75) is 52.1 Å². The summed E-state index contributed by atoms with van der Waals surface area (Å²) < 4.78 is 18.3. The number of carbonyl (C=O) groups is 1. The summed E-state index contributed by atoms with van der Waals surface area (Å²) in [7, 11) is 3.47. The van der Waals surface area contributed by atoms with Crippen LogP contribution in [0.25, 0.3) is 11.0 Å². The Morgan fingerprint density at radius 3 is 2.93 bits per heavy atom. The molecule has 0 bridgehead atoms. The van der Waals surface area contributed by atoms with Crippen LogP contribution in [0.15, 0.2) is 0 Å². The van der Waals surface area contributed by atoms with E-state index in [0.29, 0.717) is 38.5 Å². The Labute approximate surface area is 171 Å². The summed E-state index contributed by atoms with van der Waals surface area (Å²) in [5, 5.41) is 8.26. The Morgan fingerprint density at radius 2 is 2.21 bits per heavy atom. The summed E-state index contributed by atoms with van der Waals surface area (Å²) >= 11 is 0. The predicted octanol–water partition coefficient (Wildman–Crippen LogP) is 2.23. The molecular weight excluding hydrogens is 372 g/mol. The molecule has 160 valence electrons. The van der Waals surface area contributed by atoms with Crippen molar-refractivity contribution in [1.82, 2.24) is 20.1 Å². The quantitative estimate of drug-likeness (QED) is 0.611. The highest BCUT2D eigenvalue weighted by atomic mass is 16.5. The molecule has 2 aromatic heterocycles. The number of pyridine rings is 1. The van der Waals surface area contributed by atoms with Crippen LogP contribution in [-0.2, 0) is 27.7 Å². The van der Waals surface area contributed by atoms with Crippen LogP contribution >= 0.6 is 0 Å². The maximum absolute atomic E-state index is 12.2. The molecule has 0 spiro atoms. The molecule has 1 amide bonds. The van der Waals surface area contributed by atoms with Gasteiger partial charge in [0.15, 0.2) is 5.65 Å². The van der Waals surface area contributed by atoms with Crippen LogP contribution in [0.2, 0.25) is 0 Å². The number of carbonyl (C=O) groups excluding carboxylic acids is 1. The minimum atomic E-state index is 0.0428. The Hall–Kier alpha value is -2.19. The van der Waals surface area contributed by atoms with Gasteiger partial charge in [0.2, 0.25) is 11.8 Å². The maximum atomic E-state index is 12.2. The number of ether oxygens (including phenoxy) is 3. The second-order valence-electron chi connectivity index (χ2n) is 7.55. The standard InChI is InChI=1S/C21H32N4O4/c1-14-17(15(2)23-20-19(14)21(27-4)24-25(20)3)8-9-18(26)22-10-6-11-28-13-16-7-5-12-29-16/h16H,5-13H2,1-4H3,(H,22,26). The summed E-state index contributed by atoms with van der Waals surface area (Å²) in [6, 6.07) is 0. The number of methoxy groups -OCH3 is 1. The van der Waals surface area contributed by atoms with E-state index < -0.39 is 0 Å². The van der Waals surface area contributed by atoms with Crippen LogP contribution < -0.4 is 10.1 Å². The number of amides is 1. The summed E-state index contributed by atoms with van der Waals surface area (Å²) in [5.41, 5.74) is 3.88. The highest BCUT2D eigenvalue weighted by molar-refractivity contribution is 5.86. The second kappa shape index (κ2) is 10.0. The molecule has 29 heavy (non-hydrogen) atoms. The number of aryl methyl sites for hydroxylation is 3. The molecule has 1 aliphatic rings. The number of rotatable bonds is 10. The Kier molecular flexibility index (Phi) is 7.44. The van der Waals surface area contributed by atoms with Crippen molar-refractivity contribution in [2.75, 3.05) is 33.5 Å². The molecule has 1 atom stereocenters. The van der Waals surface area contributed by atoms with E-state index in [-0.39, 0.29) is 12.0 Å². The smallest absolute Gasteiger partial charge is 0.242 e. The van der Waals surface area contributed by atoms with E-state index >= 15 is 0 Å². The van der Waals surface area contributed by atoms with Crippen molar-refractivity contribution in [2.24, 2.45) is 7.05 Å². The first kappa shape index (κ1) is 21.5. The van der Waals surface area contributed by atoms with Crippen molar-refractivity contribution in [3.8, 4) is 5.88 Å². The van der Waals surface area contributed by atoms with Gasteiger partial charge in [-0.15, -0.1) is 5.10 Å². The number of nitrogens with zero attached hydrogens (tertiary/aromatic N) is 3. The minimum absolute atomic E-state index is 0.0428. The highest BCUT2D eigenvalue weighted by Gasteiger charge is 2.18. The third-order valence-corrected chi connectivity index (χ3v) is 5.43. The van der Waals surface area contributed by atoms with Crippen LogP contribution in [0.4, 0.5) is 0 Å². The van der Waals surface area contributed by atoms with E-state index in [0.717, 1.165) is 53.7 Å². The van der Waals surface area contributed by atoms with Crippen molar-refractivity contribution < 1.29 is 19.0 Å². The zero-order valence-electron chi connectivity index (χ0n) is 17.9. The SMILES string of the molecule is COc1nn(C)c2nc(C)c(CCC(=O)NCCCOCC3CCCO3)c(C)c12. The molecule has 0 saturated carbocycles. The molecular formula is C21H32N4O4. The Bertz CT molecular complexity index is 843. The van der Waals surface area contributed by atoms with Gasteiger partial charge in [0.1, 0.15) is 0 Å². The van der Waals surface area contributed by atoms with Gasteiger partial charge in [0.05, 0.1) is 25.2 Å². The van der Waals surface area contributed by atoms with E-state index in [9.17, 15) is 4.79 Å².